The molecule has 1 unspecified atom stereocenters. The first-order chi connectivity index (χ1) is 9.06. The van der Waals surface area contributed by atoms with Gasteiger partial charge >= 0.3 is 6.30 Å². The van der Waals surface area contributed by atoms with Crippen molar-refractivity contribution in [2.24, 2.45) is 0 Å². The van der Waals surface area contributed by atoms with Crippen molar-refractivity contribution in [1.29, 1.82) is 0 Å². The quantitative estimate of drug-likeness (QED) is 0.824. The highest BCUT2D eigenvalue weighted by Crippen LogP contribution is 2.51. The first-order valence-corrected chi connectivity index (χ1v) is 9.43. The fraction of sp³-hybridized carbons (Fsp3) is 0.143. The van der Waals surface area contributed by atoms with Gasteiger partial charge in [-0.1, -0.05) is 60.7 Å². The predicted octanol–water partition coefficient (Wildman–Crippen LogP) is 4.33. The summed E-state index contributed by atoms with van der Waals surface area (Å²) in [5.41, 5.74) is 2.10. The number of hydrogen-bond acceptors (Lipinski definition) is 2. The molecule has 0 saturated heterocycles. The molecule has 5 heteroatoms. The second-order valence-electron chi connectivity index (χ2n) is 4.12. The molecule has 0 aliphatic heterocycles. The lowest BCUT2D eigenvalue weighted by Crippen LogP contribution is -2.07. The van der Waals surface area contributed by atoms with Crippen molar-refractivity contribution < 1.29 is 14.0 Å². The van der Waals surface area contributed by atoms with Gasteiger partial charge in [0.1, 0.15) is 0 Å². The molecule has 2 aromatic rings. The molecule has 3 nitrogen and oxygen atoms in total. The Balaban J connectivity index is 2.27. The minimum atomic E-state index is -3.65. The monoisotopic (exact) mass is 340 g/mol. The smallest absolute Gasteiger partial charge is 0.316 e. The zero-order chi connectivity index (χ0) is 13.7. The second-order valence-corrected chi connectivity index (χ2v) is 7.97. The van der Waals surface area contributed by atoms with Gasteiger partial charge in [0.25, 0.3) is 0 Å². The standard InChI is InChI=1S/C14H14BrO3P/c15-19(16,17)18-11-14(12-7-3-1-4-8-12)13-9-5-2-6-10-13/h1-10,14H,11H2,(H,16,17). The molecule has 0 aliphatic carbocycles. The fourth-order valence-electron chi connectivity index (χ4n) is 1.92. The average Bonchev–Trinajstić information content (AvgIpc) is 2.40. The van der Waals surface area contributed by atoms with Crippen LogP contribution in [0.4, 0.5) is 0 Å². The second kappa shape index (κ2) is 6.49. The van der Waals surface area contributed by atoms with E-state index >= 15 is 0 Å². The van der Waals surface area contributed by atoms with E-state index in [2.05, 4.69) is 15.5 Å². The van der Waals surface area contributed by atoms with Crippen LogP contribution in [0.2, 0.25) is 0 Å². The number of rotatable bonds is 5. The Morgan fingerprint density at radius 1 is 1.00 bits per heavy atom. The van der Waals surface area contributed by atoms with Gasteiger partial charge in [-0.25, -0.2) is 4.57 Å². The van der Waals surface area contributed by atoms with Crippen LogP contribution in [0.1, 0.15) is 17.0 Å². The maximum Gasteiger partial charge on any atom is 0.393 e. The lowest BCUT2D eigenvalue weighted by atomic mass is 9.92. The summed E-state index contributed by atoms with van der Waals surface area (Å²) in [5, 5.41) is 0. The van der Waals surface area contributed by atoms with Crippen LogP contribution in [-0.4, -0.2) is 11.5 Å². The molecule has 0 amide bonds. The van der Waals surface area contributed by atoms with Crippen LogP contribution >= 0.6 is 21.8 Å². The third kappa shape index (κ3) is 4.59. The zero-order valence-electron chi connectivity index (χ0n) is 10.1. The van der Waals surface area contributed by atoms with Gasteiger partial charge < -0.3 is 4.89 Å². The van der Waals surface area contributed by atoms with Gasteiger partial charge in [-0.15, -0.1) is 0 Å². The van der Waals surface area contributed by atoms with Crippen LogP contribution in [0, 0.1) is 0 Å². The van der Waals surface area contributed by atoms with Crippen molar-refractivity contribution in [1.82, 2.24) is 0 Å². The minimum absolute atomic E-state index is 0.0691. The molecule has 19 heavy (non-hydrogen) atoms. The summed E-state index contributed by atoms with van der Waals surface area (Å²) in [5.74, 6) is -0.0691. The van der Waals surface area contributed by atoms with E-state index in [1.54, 1.807) is 0 Å². The molecule has 2 aromatic carbocycles. The molecule has 0 bridgehead atoms. The SMILES string of the molecule is O=P(O)(Br)OCC(c1ccccc1)c1ccccc1. The van der Waals surface area contributed by atoms with Crippen molar-refractivity contribution in [2.45, 2.75) is 5.92 Å². The van der Waals surface area contributed by atoms with E-state index in [0.717, 1.165) is 11.1 Å². The van der Waals surface area contributed by atoms with Gasteiger partial charge in [0.05, 0.1) is 6.61 Å². The molecule has 1 atom stereocenters. The van der Waals surface area contributed by atoms with Crippen LogP contribution in [0.15, 0.2) is 60.7 Å². The van der Waals surface area contributed by atoms with Gasteiger partial charge in [0, 0.05) is 21.4 Å². The average molecular weight is 341 g/mol. The summed E-state index contributed by atoms with van der Waals surface area (Å²) in [6, 6.07) is 19.6. The molecule has 0 fully saturated rings. The third-order valence-corrected chi connectivity index (χ3v) is 3.89. The van der Waals surface area contributed by atoms with E-state index in [0.29, 0.717) is 0 Å². The Morgan fingerprint density at radius 3 is 1.79 bits per heavy atom. The minimum Gasteiger partial charge on any atom is -0.316 e. The Bertz CT molecular complexity index is 514. The molecule has 0 heterocycles. The van der Waals surface area contributed by atoms with E-state index in [4.69, 9.17) is 4.52 Å². The Kier molecular flexibility index (Phi) is 4.94. The molecule has 0 saturated carbocycles. The summed E-state index contributed by atoms with van der Waals surface area (Å²) in [7, 11) is 0. The molecular weight excluding hydrogens is 327 g/mol. The highest BCUT2D eigenvalue weighted by Gasteiger charge is 2.20. The van der Waals surface area contributed by atoms with Gasteiger partial charge in [-0.2, -0.15) is 0 Å². The lowest BCUT2D eigenvalue weighted by molar-refractivity contribution is 0.267. The summed E-state index contributed by atoms with van der Waals surface area (Å²) in [6.45, 7) is 0.146. The largest absolute Gasteiger partial charge is 0.393 e. The van der Waals surface area contributed by atoms with Crippen LogP contribution in [0.5, 0.6) is 0 Å². The number of hydrogen-bond donors (Lipinski definition) is 1. The van der Waals surface area contributed by atoms with Crippen LogP contribution in [-0.2, 0) is 9.09 Å². The van der Waals surface area contributed by atoms with Crippen LogP contribution in [0.3, 0.4) is 0 Å². The summed E-state index contributed by atoms with van der Waals surface area (Å²) >= 11 is 2.64. The predicted molar refractivity (Wildman–Crippen MR) is 79.4 cm³/mol. The van der Waals surface area contributed by atoms with E-state index in [-0.39, 0.29) is 12.5 Å². The van der Waals surface area contributed by atoms with E-state index in [1.807, 2.05) is 60.7 Å². The Hall–Kier alpha value is -0.930. The topological polar surface area (TPSA) is 46.5 Å². The molecule has 0 spiro atoms. The molecular formula is C14H14BrO3P. The molecule has 1 N–H and O–H groups in total. The van der Waals surface area contributed by atoms with Crippen LogP contribution in [0.25, 0.3) is 0 Å². The Labute approximate surface area is 120 Å². The van der Waals surface area contributed by atoms with Crippen molar-refractivity contribution in [3.05, 3.63) is 71.8 Å². The number of halogens is 1. The van der Waals surface area contributed by atoms with Gasteiger partial charge in [0.2, 0.25) is 0 Å². The van der Waals surface area contributed by atoms with Crippen molar-refractivity contribution in [3.8, 4) is 0 Å². The summed E-state index contributed by atoms with van der Waals surface area (Å²) in [4.78, 5) is 9.21. The van der Waals surface area contributed by atoms with Gasteiger partial charge in [-0.3, -0.25) is 4.52 Å². The molecule has 0 radical (unpaired) electrons. The first kappa shape index (κ1) is 14.5. The molecule has 2 rings (SSSR count). The fourth-order valence-corrected chi connectivity index (χ4v) is 2.61. The normalized spacial score (nSPS) is 14.3. The molecule has 0 aromatic heterocycles. The zero-order valence-corrected chi connectivity index (χ0v) is 12.6. The lowest BCUT2D eigenvalue weighted by Gasteiger charge is -2.18. The Morgan fingerprint density at radius 2 is 1.42 bits per heavy atom. The van der Waals surface area contributed by atoms with Crippen molar-refractivity contribution >= 4 is 21.8 Å². The number of benzene rings is 2. The van der Waals surface area contributed by atoms with E-state index < -0.39 is 6.30 Å². The highest BCUT2D eigenvalue weighted by atomic mass is 79.9. The summed E-state index contributed by atoms with van der Waals surface area (Å²) < 4.78 is 16.3. The maximum atomic E-state index is 11.2. The maximum absolute atomic E-state index is 11.2. The highest BCUT2D eigenvalue weighted by molar-refractivity contribution is 9.39. The third-order valence-electron chi connectivity index (χ3n) is 2.80. The van der Waals surface area contributed by atoms with Crippen molar-refractivity contribution in [3.63, 3.8) is 0 Å². The molecule has 0 aliphatic rings. The first-order valence-electron chi connectivity index (χ1n) is 5.83. The van der Waals surface area contributed by atoms with Gasteiger partial charge in [0.15, 0.2) is 0 Å². The molecule has 100 valence electrons. The summed E-state index contributed by atoms with van der Waals surface area (Å²) in [6.07, 6.45) is -3.65. The van der Waals surface area contributed by atoms with E-state index in [1.165, 1.54) is 0 Å². The van der Waals surface area contributed by atoms with Crippen LogP contribution < -0.4 is 0 Å². The van der Waals surface area contributed by atoms with Crippen molar-refractivity contribution in [2.75, 3.05) is 6.61 Å². The van der Waals surface area contributed by atoms with E-state index in [9.17, 15) is 9.46 Å². The van der Waals surface area contributed by atoms with Gasteiger partial charge in [-0.05, 0) is 11.1 Å².